The van der Waals surface area contributed by atoms with Gasteiger partial charge in [0.2, 0.25) is 0 Å². The Morgan fingerprint density at radius 3 is 2.44 bits per heavy atom. The zero-order valence-electron chi connectivity index (χ0n) is 9.65. The van der Waals surface area contributed by atoms with Crippen LogP contribution in [-0.2, 0) is 0 Å². The maximum atomic E-state index is 9.61. The Labute approximate surface area is 94.0 Å². The van der Waals surface area contributed by atoms with Gasteiger partial charge in [-0.15, -0.1) is 0 Å². The summed E-state index contributed by atoms with van der Waals surface area (Å²) in [5.74, 6) is 1.38. The summed E-state index contributed by atoms with van der Waals surface area (Å²) in [6.07, 6.45) is 1.95. The predicted molar refractivity (Wildman–Crippen MR) is 60.8 cm³/mol. The monoisotopic (exact) mass is 221 g/mol. The molecule has 16 heavy (non-hydrogen) atoms. The Balaban J connectivity index is 2.76. The number of rotatable bonds is 2. The van der Waals surface area contributed by atoms with Crippen LogP contribution >= 0.6 is 0 Å². The number of hydrogen-bond donors (Lipinski definition) is 1. The highest BCUT2D eigenvalue weighted by molar-refractivity contribution is 5.52. The van der Waals surface area contributed by atoms with Gasteiger partial charge in [-0.1, -0.05) is 6.08 Å². The van der Waals surface area contributed by atoms with Crippen molar-refractivity contribution in [3.8, 4) is 11.5 Å². The molecule has 4 nitrogen and oxygen atoms in total. The van der Waals surface area contributed by atoms with Crippen molar-refractivity contribution in [3.05, 3.63) is 22.6 Å². The van der Waals surface area contributed by atoms with Crippen LogP contribution in [0.1, 0.15) is 6.92 Å². The number of fused-ring (bicyclic) bond motifs is 1. The molecule has 0 saturated heterocycles. The number of hydrogen-bond acceptors (Lipinski definition) is 4. The van der Waals surface area contributed by atoms with Crippen molar-refractivity contribution in [2.45, 2.75) is 6.92 Å². The molecule has 0 atom stereocenters. The van der Waals surface area contributed by atoms with Gasteiger partial charge in [0.05, 0.1) is 20.8 Å². The van der Waals surface area contributed by atoms with Gasteiger partial charge >= 0.3 is 0 Å². The number of nitrogens with zero attached hydrogens (tertiary/aromatic N) is 1. The molecule has 2 rings (SSSR count). The molecule has 0 radical (unpaired) electrons. The zero-order chi connectivity index (χ0) is 11.7. The van der Waals surface area contributed by atoms with Crippen LogP contribution in [0.5, 0.6) is 11.5 Å². The van der Waals surface area contributed by atoms with Gasteiger partial charge in [-0.05, 0) is 24.3 Å². The average Bonchev–Trinajstić information content (AvgIpc) is 2.32. The van der Waals surface area contributed by atoms with Crippen LogP contribution in [0.4, 0.5) is 0 Å². The van der Waals surface area contributed by atoms with E-state index in [9.17, 15) is 5.21 Å². The summed E-state index contributed by atoms with van der Waals surface area (Å²) < 4.78 is 10.5. The van der Waals surface area contributed by atoms with Gasteiger partial charge in [0.25, 0.3) is 0 Å². The summed E-state index contributed by atoms with van der Waals surface area (Å²) in [5.41, 5.74) is 0.818. The summed E-state index contributed by atoms with van der Waals surface area (Å²) in [4.78, 5) is 0. The van der Waals surface area contributed by atoms with Crippen LogP contribution in [0, 0.1) is 0 Å². The third-order valence-electron chi connectivity index (χ3n) is 2.82. The molecule has 0 fully saturated rings. The second-order valence-corrected chi connectivity index (χ2v) is 3.67. The van der Waals surface area contributed by atoms with E-state index in [1.807, 2.05) is 25.1 Å². The molecule has 0 spiro atoms. The molecule has 0 amide bonds. The third-order valence-corrected chi connectivity index (χ3v) is 2.82. The number of methoxy groups -OCH3 is 2. The van der Waals surface area contributed by atoms with Gasteiger partial charge in [-0.3, -0.25) is 10.3 Å². The van der Waals surface area contributed by atoms with E-state index in [1.165, 1.54) is 5.06 Å². The second kappa shape index (κ2) is 4.06. The maximum absolute atomic E-state index is 9.61. The van der Waals surface area contributed by atoms with Gasteiger partial charge in [0.1, 0.15) is 0 Å². The molecular formula is C12H15NO3. The van der Waals surface area contributed by atoms with Crippen molar-refractivity contribution in [3.63, 3.8) is 0 Å². The molecule has 1 aromatic carbocycles. The van der Waals surface area contributed by atoms with Gasteiger partial charge in [0.15, 0.2) is 11.5 Å². The molecule has 0 aliphatic carbocycles. The van der Waals surface area contributed by atoms with E-state index < -0.39 is 0 Å². The Kier molecular flexibility index (Phi) is 2.75. The van der Waals surface area contributed by atoms with Crippen LogP contribution in [0.25, 0.3) is 11.8 Å². The highest BCUT2D eigenvalue weighted by Crippen LogP contribution is 2.22. The first kappa shape index (κ1) is 10.8. The van der Waals surface area contributed by atoms with E-state index >= 15 is 0 Å². The molecule has 1 heterocycles. The average molecular weight is 221 g/mol. The van der Waals surface area contributed by atoms with Gasteiger partial charge in [0, 0.05) is 10.9 Å². The summed E-state index contributed by atoms with van der Waals surface area (Å²) in [6.45, 7) is 2.37. The van der Waals surface area contributed by atoms with Crippen molar-refractivity contribution in [2.24, 2.45) is 0 Å². The van der Waals surface area contributed by atoms with Crippen molar-refractivity contribution < 1.29 is 14.7 Å². The molecule has 1 aliphatic heterocycles. The summed E-state index contributed by atoms with van der Waals surface area (Å²) in [7, 11) is 3.21. The van der Waals surface area contributed by atoms with Gasteiger partial charge < -0.3 is 9.47 Å². The number of ether oxygens (including phenoxy) is 2. The Bertz CT molecular complexity index is 522. The van der Waals surface area contributed by atoms with Crippen molar-refractivity contribution in [2.75, 3.05) is 20.8 Å². The molecular weight excluding hydrogens is 206 g/mol. The minimum Gasteiger partial charge on any atom is -0.493 e. The summed E-state index contributed by atoms with van der Waals surface area (Å²) in [6, 6.07) is 3.80. The van der Waals surface area contributed by atoms with Crippen LogP contribution in [-0.4, -0.2) is 31.0 Å². The van der Waals surface area contributed by atoms with Gasteiger partial charge in [-0.25, -0.2) is 0 Å². The van der Waals surface area contributed by atoms with Crippen LogP contribution in [0.3, 0.4) is 0 Å². The van der Waals surface area contributed by atoms with Crippen molar-refractivity contribution in [1.82, 2.24) is 5.06 Å². The topological polar surface area (TPSA) is 41.9 Å². The van der Waals surface area contributed by atoms with E-state index in [0.29, 0.717) is 18.0 Å². The Hall–Kier alpha value is -1.68. The SMILES string of the molecule is COc1cc2c(cc1OC)=C(C)N(O)CC=2. The fraction of sp³-hybridized carbons (Fsp3) is 0.333. The van der Waals surface area contributed by atoms with E-state index in [4.69, 9.17) is 9.47 Å². The quantitative estimate of drug-likeness (QED) is 0.781. The lowest BCUT2D eigenvalue weighted by molar-refractivity contribution is -0.0160. The van der Waals surface area contributed by atoms with E-state index in [0.717, 1.165) is 16.1 Å². The first-order chi connectivity index (χ1) is 7.67. The molecule has 0 saturated carbocycles. The lowest BCUT2D eigenvalue weighted by atomic mass is 10.1. The smallest absolute Gasteiger partial charge is 0.161 e. The standard InChI is InChI=1S/C12H15NO3/c1-8-10-7-12(16-3)11(15-2)6-9(10)4-5-13(8)14/h4,6-7,14H,5H2,1-3H3. The molecule has 0 bridgehead atoms. The first-order valence-electron chi connectivity index (χ1n) is 5.07. The highest BCUT2D eigenvalue weighted by atomic mass is 16.5. The van der Waals surface area contributed by atoms with Crippen LogP contribution in [0.2, 0.25) is 0 Å². The van der Waals surface area contributed by atoms with E-state index in [1.54, 1.807) is 14.2 Å². The molecule has 1 N–H and O–H groups in total. The lowest BCUT2D eigenvalue weighted by Crippen LogP contribution is -2.37. The largest absolute Gasteiger partial charge is 0.493 e. The third kappa shape index (κ3) is 1.61. The van der Waals surface area contributed by atoms with E-state index in [2.05, 4.69) is 0 Å². The first-order valence-corrected chi connectivity index (χ1v) is 5.07. The van der Waals surface area contributed by atoms with Crippen molar-refractivity contribution in [1.29, 1.82) is 0 Å². The van der Waals surface area contributed by atoms with Crippen LogP contribution < -0.4 is 19.9 Å². The summed E-state index contributed by atoms with van der Waals surface area (Å²) in [5, 5.41) is 12.8. The van der Waals surface area contributed by atoms with Crippen LogP contribution in [0.15, 0.2) is 12.1 Å². The fourth-order valence-electron chi connectivity index (χ4n) is 1.84. The molecule has 1 aromatic rings. The number of benzene rings is 1. The fourth-order valence-corrected chi connectivity index (χ4v) is 1.84. The van der Waals surface area contributed by atoms with Gasteiger partial charge in [-0.2, -0.15) is 0 Å². The number of hydroxylamine groups is 2. The Morgan fingerprint density at radius 2 is 1.81 bits per heavy atom. The van der Waals surface area contributed by atoms with E-state index in [-0.39, 0.29) is 0 Å². The Morgan fingerprint density at radius 1 is 1.19 bits per heavy atom. The minimum absolute atomic E-state index is 0.494. The molecule has 0 aromatic heterocycles. The minimum atomic E-state index is 0.494. The maximum Gasteiger partial charge on any atom is 0.161 e. The molecule has 4 heteroatoms. The van der Waals surface area contributed by atoms with Crippen molar-refractivity contribution >= 4 is 11.8 Å². The summed E-state index contributed by atoms with van der Waals surface area (Å²) >= 11 is 0. The second-order valence-electron chi connectivity index (χ2n) is 3.67. The molecule has 1 aliphatic rings. The normalized spacial score (nSPS) is 14.2. The lowest BCUT2D eigenvalue weighted by Gasteiger charge is -2.20. The zero-order valence-corrected chi connectivity index (χ0v) is 9.65. The molecule has 86 valence electrons. The highest BCUT2D eigenvalue weighted by Gasteiger charge is 2.10. The molecule has 0 unspecified atom stereocenters. The predicted octanol–water partition coefficient (Wildman–Crippen LogP) is 0.317.